The fourth-order valence-electron chi connectivity index (χ4n) is 2.42. The lowest BCUT2D eigenvalue weighted by Crippen LogP contribution is -2.41. The number of nitrogens with two attached hydrogens (primary N) is 1. The molecule has 0 spiro atoms. The maximum atomic E-state index is 13.0. The van der Waals surface area contributed by atoms with Gasteiger partial charge < -0.3 is 5.73 Å². The molecular weight excluding hydrogens is 227 g/mol. The molecule has 0 saturated carbocycles. The highest BCUT2D eigenvalue weighted by Gasteiger charge is 2.23. The molecular formula is C15H25FN2. The Morgan fingerprint density at radius 1 is 1.17 bits per heavy atom. The first-order chi connectivity index (χ1) is 8.45. The van der Waals surface area contributed by atoms with Crippen molar-refractivity contribution in [3.63, 3.8) is 0 Å². The molecule has 0 saturated heterocycles. The van der Waals surface area contributed by atoms with Crippen molar-refractivity contribution in [2.75, 3.05) is 13.1 Å². The van der Waals surface area contributed by atoms with Gasteiger partial charge in [0.2, 0.25) is 0 Å². The molecule has 0 amide bonds. The van der Waals surface area contributed by atoms with Gasteiger partial charge in [0.25, 0.3) is 0 Å². The number of hydrogen-bond acceptors (Lipinski definition) is 2. The summed E-state index contributed by atoms with van der Waals surface area (Å²) in [5, 5.41) is 0. The van der Waals surface area contributed by atoms with Gasteiger partial charge in [-0.2, -0.15) is 0 Å². The first kappa shape index (κ1) is 15.1. The smallest absolute Gasteiger partial charge is 0.123 e. The minimum atomic E-state index is -0.200. The lowest BCUT2D eigenvalue weighted by atomic mass is 9.98. The summed E-state index contributed by atoms with van der Waals surface area (Å²) in [7, 11) is 0. The van der Waals surface area contributed by atoms with Gasteiger partial charge in [-0.3, -0.25) is 4.90 Å². The molecule has 0 aliphatic rings. The third kappa shape index (κ3) is 4.07. The first-order valence-corrected chi connectivity index (χ1v) is 6.70. The molecule has 2 unspecified atom stereocenters. The van der Waals surface area contributed by atoms with Crippen molar-refractivity contribution >= 4 is 0 Å². The average Bonchev–Trinajstić information content (AvgIpc) is 2.29. The molecule has 0 fully saturated rings. The molecule has 18 heavy (non-hydrogen) atoms. The van der Waals surface area contributed by atoms with Gasteiger partial charge in [0, 0.05) is 18.6 Å². The number of benzene rings is 1. The number of likely N-dealkylation sites (N-methyl/N-ethyl adjacent to an activating group) is 1. The van der Waals surface area contributed by atoms with Gasteiger partial charge >= 0.3 is 0 Å². The molecule has 1 rings (SSSR count). The fraction of sp³-hybridized carbons (Fsp3) is 0.600. The van der Waals surface area contributed by atoms with E-state index in [1.807, 2.05) is 19.1 Å². The van der Waals surface area contributed by atoms with E-state index in [1.54, 1.807) is 0 Å². The summed E-state index contributed by atoms with van der Waals surface area (Å²) in [4.78, 5) is 2.36. The minimum absolute atomic E-state index is 0.0224. The zero-order valence-electron chi connectivity index (χ0n) is 11.9. The predicted octanol–water partition coefficient (Wildman–Crippen LogP) is 3.19. The van der Waals surface area contributed by atoms with Crippen molar-refractivity contribution in [2.24, 2.45) is 11.7 Å². The van der Waals surface area contributed by atoms with Crippen LogP contribution in [0.15, 0.2) is 24.3 Å². The standard InChI is InChI=1S/C15H25FN2/c1-5-18(10-11(2)3)15(12(4)17)13-6-8-14(16)9-7-13/h6-9,11-12,15H,5,10,17H2,1-4H3. The van der Waals surface area contributed by atoms with Gasteiger partial charge in [0.15, 0.2) is 0 Å². The first-order valence-electron chi connectivity index (χ1n) is 6.70. The summed E-state index contributed by atoms with van der Waals surface area (Å²) < 4.78 is 13.0. The second-order valence-electron chi connectivity index (χ2n) is 5.34. The monoisotopic (exact) mass is 252 g/mol. The van der Waals surface area contributed by atoms with Crippen molar-refractivity contribution in [3.8, 4) is 0 Å². The van der Waals surface area contributed by atoms with Crippen LogP contribution < -0.4 is 5.73 Å². The Hall–Kier alpha value is -0.930. The molecule has 0 aliphatic heterocycles. The Morgan fingerprint density at radius 3 is 2.11 bits per heavy atom. The maximum Gasteiger partial charge on any atom is 0.123 e. The molecule has 3 heteroatoms. The Morgan fingerprint density at radius 2 is 1.72 bits per heavy atom. The van der Waals surface area contributed by atoms with E-state index in [4.69, 9.17) is 5.73 Å². The number of rotatable bonds is 6. The van der Waals surface area contributed by atoms with Crippen LogP contribution in [0.1, 0.15) is 39.3 Å². The van der Waals surface area contributed by atoms with Crippen molar-refractivity contribution in [3.05, 3.63) is 35.6 Å². The van der Waals surface area contributed by atoms with Crippen molar-refractivity contribution < 1.29 is 4.39 Å². The molecule has 0 aromatic heterocycles. The van der Waals surface area contributed by atoms with Crippen molar-refractivity contribution in [1.29, 1.82) is 0 Å². The third-order valence-corrected chi connectivity index (χ3v) is 3.11. The van der Waals surface area contributed by atoms with E-state index in [9.17, 15) is 4.39 Å². The Labute approximate surface area is 110 Å². The number of hydrogen-bond donors (Lipinski definition) is 1. The van der Waals surface area contributed by atoms with Gasteiger partial charge in [-0.1, -0.05) is 32.9 Å². The molecule has 1 aromatic rings. The molecule has 102 valence electrons. The highest BCUT2D eigenvalue weighted by Crippen LogP contribution is 2.24. The van der Waals surface area contributed by atoms with E-state index < -0.39 is 0 Å². The molecule has 1 aromatic carbocycles. The summed E-state index contributed by atoms with van der Waals surface area (Å²) in [6, 6.07) is 6.87. The normalized spacial score (nSPS) is 15.1. The lowest BCUT2D eigenvalue weighted by molar-refractivity contribution is 0.166. The van der Waals surface area contributed by atoms with Crippen molar-refractivity contribution in [2.45, 2.75) is 39.8 Å². The van der Waals surface area contributed by atoms with Crippen LogP contribution in [0.3, 0.4) is 0 Å². The van der Waals surface area contributed by atoms with E-state index in [1.165, 1.54) is 12.1 Å². The summed E-state index contributed by atoms with van der Waals surface area (Å²) in [6.45, 7) is 10.5. The van der Waals surface area contributed by atoms with Gasteiger partial charge in [0.05, 0.1) is 0 Å². The van der Waals surface area contributed by atoms with Gasteiger partial charge in [-0.05, 0) is 37.1 Å². The van der Waals surface area contributed by atoms with Crippen LogP contribution in [0.2, 0.25) is 0 Å². The topological polar surface area (TPSA) is 29.3 Å². The quantitative estimate of drug-likeness (QED) is 0.842. The van der Waals surface area contributed by atoms with Gasteiger partial charge in [0.1, 0.15) is 5.82 Å². The fourth-order valence-corrected chi connectivity index (χ4v) is 2.42. The zero-order chi connectivity index (χ0) is 13.7. The zero-order valence-corrected chi connectivity index (χ0v) is 11.9. The Balaban J connectivity index is 2.96. The van der Waals surface area contributed by atoms with E-state index in [2.05, 4.69) is 25.7 Å². The average molecular weight is 252 g/mol. The van der Waals surface area contributed by atoms with Crippen LogP contribution in [0.25, 0.3) is 0 Å². The highest BCUT2D eigenvalue weighted by molar-refractivity contribution is 5.21. The molecule has 0 radical (unpaired) electrons. The van der Waals surface area contributed by atoms with Crippen LogP contribution in [-0.4, -0.2) is 24.0 Å². The molecule has 2 N–H and O–H groups in total. The lowest BCUT2D eigenvalue weighted by Gasteiger charge is -2.35. The third-order valence-electron chi connectivity index (χ3n) is 3.11. The molecule has 0 bridgehead atoms. The summed E-state index contributed by atoms with van der Waals surface area (Å²) in [6.07, 6.45) is 0. The van der Waals surface area contributed by atoms with Gasteiger partial charge in [-0.15, -0.1) is 0 Å². The van der Waals surface area contributed by atoms with Crippen LogP contribution in [0.5, 0.6) is 0 Å². The van der Waals surface area contributed by atoms with E-state index in [0.29, 0.717) is 5.92 Å². The van der Waals surface area contributed by atoms with E-state index in [0.717, 1.165) is 18.7 Å². The second-order valence-corrected chi connectivity index (χ2v) is 5.34. The van der Waals surface area contributed by atoms with Crippen LogP contribution in [-0.2, 0) is 0 Å². The second kappa shape index (κ2) is 6.86. The van der Waals surface area contributed by atoms with Crippen LogP contribution in [0.4, 0.5) is 4.39 Å². The summed E-state index contributed by atoms with van der Waals surface area (Å²) in [5.74, 6) is 0.390. The van der Waals surface area contributed by atoms with Crippen LogP contribution in [0, 0.1) is 11.7 Å². The largest absolute Gasteiger partial charge is 0.326 e. The summed E-state index contributed by atoms with van der Waals surface area (Å²) >= 11 is 0. The SMILES string of the molecule is CCN(CC(C)C)C(c1ccc(F)cc1)C(C)N. The predicted molar refractivity (Wildman–Crippen MR) is 74.9 cm³/mol. The number of halogens is 1. The van der Waals surface area contributed by atoms with Crippen molar-refractivity contribution in [1.82, 2.24) is 4.90 Å². The van der Waals surface area contributed by atoms with Gasteiger partial charge in [-0.25, -0.2) is 4.39 Å². The molecule has 2 nitrogen and oxygen atoms in total. The Bertz CT molecular complexity index is 346. The minimum Gasteiger partial charge on any atom is -0.326 e. The number of nitrogens with zero attached hydrogens (tertiary/aromatic N) is 1. The molecule has 0 heterocycles. The molecule has 0 aliphatic carbocycles. The molecule has 2 atom stereocenters. The summed E-state index contributed by atoms with van der Waals surface area (Å²) in [5.41, 5.74) is 7.22. The van der Waals surface area contributed by atoms with E-state index >= 15 is 0 Å². The highest BCUT2D eigenvalue weighted by atomic mass is 19.1. The Kier molecular flexibility index (Phi) is 5.76. The van der Waals surface area contributed by atoms with Crippen LogP contribution >= 0.6 is 0 Å². The van der Waals surface area contributed by atoms with E-state index in [-0.39, 0.29) is 17.9 Å². The maximum absolute atomic E-state index is 13.0.